The summed E-state index contributed by atoms with van der Waals surface area (Å²) in [6.45, 7) is 11.9. The lowest BCUT2D eigenvalue weighted by molar-refractivity contribution is 0.0656. The van der Waals surface area contributed by atoms with Crippen molar-refractivity contribution >= 4 is 9.53 Å². The number of rotatable bonds is 10. The highest BCUT2D eigenvalue weighted by Gasteiger charge is 2.17. The van der Waals surface area contributed by atoms with Crippen LogP contribution < -0.4 is 0 Å². The van der Waals surface area contributed by atoms with Crippen LogP contribution >= 0.6 is 0 Å². The van der Waals surface area contributed by atoms with Crippen LogP contribution in [-0.4, -0.2) is 28.8 Å². The fourth-order valence-electron chi connectivity index (χ4n) is 1.47. The Labute approximate surface area is 102 Å². The van der Waals surface area contributed by atoms with Crippen molar-refractivity contribution in [3.63, 3.8) is 0 Å². The van der Waals surface area contributed by atoms with Gasteiger partial charge in [-0.05, 0) is 33.1 Å². The van der Waals surface area contributed by atoms with Crippen LogP contribution in [-0.2, 0) is 13.3 Å². The lowest BCUT2D eigenvalue weighted by Crippen LogP contribution is -2.31. The molecule has 98 valence electrons. The zero-order valence-corrected chi connectivity index (χ0v) is 12.6. The molecule has 1 atom stereocenters. The van der Waals surface area contributed by atoms with Gasteiger partial charge in [0.15, 0.2) is 0 Å². The summed E-state index contributed by atoms with van der Waals surface area (Å²) in [7, 11) is -1.86. The second-order valence-electron chi connectivity index (χ2n) is 4.47. The summed E-state index contributed by atoms with van der Waals surface area (Å²) in [5.74, 6) is 0.777. The summed E-state index contributed by atoms with van der Waals surface area (Å²) in [4.78, 5) is 0. The van der Waals surface area contributed by atoms with Crippen LogP contribution in [0.25, 0.3) is 0 Å². The molecule has 1 unspecified atom stereocenters. The normalized spacial score (nSPS) is 13.7. The molecule has 0 amide bonds. The van der Waals surface area contributed by atoms with Crippen molar-refractivity contribution in [1.29, 1.82) is 0 Å². The van der Waals surface area contributed by atoms with E-state index in [0.717, 1.165) is 12.3 Å². The van der Waals surface area contributed by atoms with Gasteiger partial charge in [-0.2, -0.15) is 0 Å². The van der Waals surface area contributed by atoms with E-state index < -0.39 is 9.53 Å². The van der Waals surface area contributed by atoms with Crippen LogP contribution in [0.4, 0.5) is 0 Å². The predicted octanol–water partition coefficient (Wildman–Crippen LogP) is 3.01. The van der Waals surface area contributed by atoms with Crippen molar-refractivity contribution in [1.82, 2.24) is 0 Å². The Bertz CT molecular complexity index is 147. The molecule has 0 aromatic rings. The Balaban J connectivity index is 3.67. The first-order valence-corrected chi connectivity index (χ1v) is 7.90. The summed E-state index contributed by atoms with van der Waals surface area (Å²) in [5.41, 5.74) is 0. The lowest BCUT2D eigenvalue weighted by Gasteiger charge is -2.20. The minimum Gasteiger partial charge on any atom is -0.376 e. The topological polar surface area (TPSA) is 27.7 Å². The van der Waals surface area contributed by atoms with Crippen LogP contribution in [0.15, 0.2) is 0 Å². The van der Waals surface area contributed by atoms with Gasteiger partial charge >= 0.3 is 9.53 Å². The Kier molecular flexibility index (Phi) is 10.3. The van der Waals surface area contributed by atoms with Gasteiger partial charge in [-0.15, -0.1) is 0 Å². The summed E-state index contributed by atoms with van der Waals surface area (Å²) in [6.07, 6.45) is 3.84. The standard InChI is InChI=1S/C12H28O3Si/c1-6-13-16(14-7-2)15-12(5)10-8-9-11(3)4/h11-12,16H,6-10H2,1-5H3. The molecule has 0 radical (unpaired) electrons. The molecule has 0 saturated carbocycles. The molecule has 0 saturated heterocycles. The fraction of sp³-hybridized carbons (Fsp3) is 1.00. The molecular formula is C12H28O3Si. The summed E-state index contributed by atoms with van der Waals surface area (Å²) >= 11 is 0. The van der Waals surface area contributed by atoms with Crippen molar-refractivity contribution < 1.29 is 13.3 Å². The summed E-state index contributed by atoms with van der Waals surface area (Å²) in [6, 6.07) is 0. The first-order valence-electron chi connectivity index (χ1n) is 6.48. The highest BCUT2D eigenvalue weighted by Crippen LogP contribution is 2.11. The number of hydrogen-bond donors (Lipinski definition) is 0. The molecule has 0 bridgehead atoms. The van der Waals surface area contributed by atoms with Gasteiger partial charge in [-0.1, -0.05) is 26.7 Å². The van der Waals surface area contributed by atoms with Crippen molar-refractivity contribution in [3.8, 4) is 0 Å². The molecular weight excluding hydrogens is 220 g/mol. The van der Waals surface area contributed by atoms with Crippen LogP contribution in [0.1, 0.15) is 53.9 Å². The highest BCUT2D eigenvalue weighted by atomic mass is 28.3. The SMILES string of the molecule is CCO[SiH](OCC)OC(C)CCCC(C)C. The first-order chi connectivity index (χ1) is 7.60. The lowest BCUT2D eigenvalue weighted by atomic mass is 10.1. The predicted molar refractivity (Wildman–Crippen MR) is 69.6 cm³/mol. The van der Waals surface area contributed by atoms with E-state index in [1.807, 2.05) is 13.8 Å². The molecule has 0 aromatic heterocycles. The van der Waals surface area contributed by atoms with Crippen molar-refractivity contribution in [3.05, 3.63) is 0 Å². The summed E-state index contributed by atoms with van der Waals surface area (Å²) in [5, 5.41) is 0. The third-order valence-electron chi connectivity index (χ3n) is 2.34. The second-order valence-corrected chi connectivity index (χ2v) is 5.99. The molecule has 4 heteroatoms. The highest BCUT2D eigenvalue weighted by molar-refractivity contribution is 6.36. The average Bonchev–Trinajstić information content (AvgIpc) is 2.17. The molecule has 0 rings (SSSR count). The molecule has 0 fully saturated rings. The largest absolute Gasteiger partial charge is 0.484 e. The third kappa shape index (κ3) is 9.33. The Morgan fingerprint density at radius 1 is 0.938 bits per heavy atom. The van der Waals surface area contributed by atoms with Crippen LogP contribution in [0.3, 0.4) is 0 Å². The maximum Gasteiger partial charge on any atom is 0.484 e. The van der Waals surface area contributed by atoms with Gasteiger partial charge in [0.2, 0.25) is 0 Å². The summed E-state index contributed by atoms with van der Waals surface area (Å²) < 4.78 is 16.8. The van der Waals surface area contributed by atoms with E-state index in [-0.39, 0.29) is 6.10 Å². The van der Waals surface area contributed by atoms with Gasteiger partial charge in [0.1, 0.15) is 0 Å². The van der Waals surface area contributed by atoms with E-state index in [9.17, 15) is 0 Å². The maximum atomic E-state index is 5.81. The molecule has 0 spiro atoms. The second kappa shape index (κ2) is 10.3. The minimum atomic E-state index is -1.86. The van der Waals surface area contributed by atoms with Gasteiger partial charge in [0, 0.05) is 19.3 Å². The van der Waals surface area contributed by atoms with Crippen LogP contribution in [0.2, 0.25) is 0 Å². The molecule has 0 aliphatic heterocycles. The Morgan fingerprint density at radius 3 is 1.94 bits per heavy atom. The zero-order chi connectivity index (χ0) is 12.4. The fourth-order valence-corrected chi connectivity index (χ4v) is 2.78. The van der Waals surface area contributed by atoms with E-state index in [4.69, 9.17) is 13.3 Å². The molecule has 3 nitrogen and oxygen atoms in total. The smallest absolute Gasteiger partial charge is 0.376 e. The van der Waals surface area contributed by atoms with E-state index >= 15 is 0 Å². The molecule has 16 heavy (non-hydrogen) atoms. The van der Waals surface area contributed by atoms with Gasteiger partial charge in [0.25, 0.3) is 0 Å². The van der Waals surface area contributed by atoms with Crippen molar-refractivity contribution in [2.75, 3.05) is 13.2 Å². The molecule has 0 aliphatic carbocycles. The van der Waals surface area contributed by atoms with Crippen molar-refractivity contribution in [2.24, 2.45) is 5.92 Å². The molecule has 0 aromatic carbocycles. The van der Waals surface area contributed by atoms with Gasteiger partial charge in [0.05, 0.1) is 0 Å². The van der Waals surface area contributed by atoms with Crippen molar-refractivity contribution in [2.45, 2.75) is 60.0 Å². The number of hydrogen-bond acceptors (Lipinski definition) is 3. The molecule has 0 aliphatic rings. The monoisotopic (exact) mass is 248 g/mol. The maximum absolute atomic E-state index is 5.81. The van der Waals surface area contributed by atoms with Gasteiger partial charge in [-0.25, -0.2) is 0 Å². The quantitative estimate of drug-likeness (QED) is 0.556. The van der Waals surface area contributed by atoms with E-state index in [1.54, 1.807) is 0 Å². The minimum absolute atomic E-state index is 0.258. The van der Waals surface area contributed by atoms with E-state index in [2.05, 4.69) is 20.8 Å². The zero-order valence-electron chi connectivity index (χ0n) is 11.5. The van der Waals surface area contributed by atoms with E-state index in [0.29, 0.717) is 13.2 Å². The molecule has 0 heterocycles. The average molecular weight is 248 g/mol. The van der Waals surface area contributed by atoms with Crippen LogP contribution in [0.5, 0.6) is 0 Å². The molecule has 0 N–H and O–H groups in total. The van der Waals surface area contributed by atoms with Crippen LogP contribution in [0, 0.1) is 5.92 Å². The van der Waals surface area contributed by atoms with Gasteiger partial charge < -0.3 is 13.3 Å². The van der Waals surface area contributed by atoms with E-state index in [1.165, 1.54) is 12.8 Å². The Morgan fingerprint density at radius 2 is 1.50 bits per heavy atom. The third-order valence-corrected chi connectivity index (χ3v) is 4.24. The van der Waals surface area contributed by atoms with Gasteiger partial charge in [-0.3, -0.25) is 0 Å². The Hall–Kier alpha value is 0.0969. The first kappa shape index (κ1) is 16.1.